The molecule has 5 N–H and O–H groups in total. The van der Waals surface area contributed by atoms with Crippen molar-refractivity contribution >= 4 is 5.97 Å². The van der Waals surface area contributed by atoms with E-state index in [4.69, 9.17) is 10.8 Å². The monoisotopic (exact) mass is 211 g/mol. The highest BCUT2D eigenvalue weighted by Crippen LogP contribution is 2.22. The van der Waals surface area contributed by atoms with Crippen LogP contribution in [0.2, 0.25) is 0 Å². The minimum Gasteiger partial charge on any atom is -0.507 e. The van der Waals surface area contributed by atoms with Gasteiger partial charge in [-0.25, -0.2) is 4.79 Å². The molecule has 0 fully saturated rings. The molecule has 5 heteroatoms. The van der Waals surface area contributed by atoms with Gasteiger partial charge in [0.1, 0.15) is 11.3 Å². The number of aliphatic hydroxyl groups is 1. The Bertz CT molecular complexity index is 376. The summed E-state index contributed by atoms with van der Waals surface area (Å²) in [6.07, 6.45) is -0.781. The largest absolute Gasteiger partial charge is 0.507 e. The number of aliphatic hydroxyl groups excluding tert-OH is 1. The number of carboxylic acid groups (broad SMARTS) is 1. The summed E-state index contributed by atoms with van der Waals surface area (Å²) in [4.78, 5) is 10.7. The second-order valence-electron chi connectivity index (χ2n) is 3.35. The average molecular weight is 211 g/mol. The predicted octanol–water partition coefficient (Wildman–Crippen LogP) is 0.471. The SMILES string of the molecule is C[C@H](O)[C@H](N)c1ccc(O)c(C(=O)O)c1. The van der Waals surface area contributed by atoms with Crippen molar-refractivity contribution in [1.82, 2.24) is 0 Å². The van der Waals surface area contributed by atoms with Crippen molar-refractivity contribution in [3.8, 4) is 5.75 Å². The van der Waals surface area contributed by atoms with Gasteiger partial charge in [-0.3, -0.25) is 0 Å². The highest BCUT2D eigenvalue weighted by Gasteiger charge is 2.16. The fourth-order valence-corrected chi connectivity index (χ4v) is 1.21. The van der Waals surface area contributed by atoms with E-state index in [0.29, 0.717) is 5.56 Å². The number of hydrogen-bond acceptors (Lipinski definition) is 4. The quantitative estimate of drug-likeness (QED) is 0.582. The van der Waals surface area contributed by atoms with Gasteiger partial charge in [0.05, 0.1) is 12.1 Å². The minimum absolute atomic E-state index is 0.219. The number of benzene rings is 1. The number of aromatic hydroxyl groups is 1. The van der Waals surface area contributed by atoms with Gasteiger partial charge in [0, 0.05) is 0 Å². The number of rotatable bonds is 3. The van der Waals surface area contributed by atoms with Crippen LogP contribution in [0, 0.1) is 0 Å². The maximum Gasteiger partial charge on any atom is 0.339 e. The maximum atomic E-state index is 10.7. The molecule has 1 aromatic carbocycles. The maximum absolute atomic E-state index is 10.7. The summed E-state index contributed by atoms with van der Waals surface area (Å²) >= 11 is 0. The lowest BCUT2D eigenvalue weighted by atomic mass is 10.0. The number of carbonyl (C=O) groups is 1. The summed E-state index contributed by atoms with van der Waals surface area (Å²) in [7, 11) is 0. The molecule has 0 aliphatic carbocycles. The number of aromatic carboxylic acids is 1. The Kier molecular flexibility index (Phi) is 3.28. The van der Waals surface area contributed by atoms with Crippen LogP contribution >= 0.6 is 0 Å². The first-order chi connectivity index (χ1) is 6.93. The summed E-state index contributed by atoms with van der Waals surface area (Å²) in [6.45, 7) is 1.51. The average Bonchev–Trinajstić information content (AvgIpc) is 2.16. The molecule has 0 amide bonds. The first kappa shape index (κ1) is 11.5. The Labute approximate surface area is 86.8 Å². The van der Waals surface area contributed by atoms with Crippen molar-refractivity contribution in [1.29, 1.82) is 0 Å². The Morgan fingerprint density at radius 3 is 2.53 bits per heavy atom. The lowest BCUT2D eigenvalue weighted by Gasteiger charge is -2.15. The fourth-order valence-electron chi connectivity index (χ4n) is 1.21. The molecule has 82 valence electrons. The molecular weight excluding hydrogens is 198 g/mol. The van der Waals surface area contributed by atoms with Crippen LogP contribution in [0.3, 0.4) is 0 Å². The van der Waals surface area contributed by atoms with Gasteiger partial charge in [0.2, 0.25) is 0 Å². The number of carboxylic acids is 1. The second-order valence-corrected chi connectivity index (χ2v) is 3.35. The molecule has 0 aromatic heterocycles. The van der Waals surface area contributed by atoms with Gasteiger partial charge < -0.3 is 21.1 Å². The smallest absolute Gasteiger partial charge is 0.339 e. The Hall–Kier alpha value is -1.59. The van der Waals surface area contributed by atoms with E-state index in [-0.39, 0.29) is 11.3 Å². The van der Waals surface area contributed by atoms with E-state index in [0.717, 1.165) is 0 Å². The van der Waals surface area contributed by atoms with E-state index >= 15 is 0 Å². The molecule has 2 atom stereocenters. The summed E-state index contributed by atoms with van der Waals surface area (Å²) in [5, 5.41) is 27.2. The molecule has 0 aliphatic heterocycles. The van der Waals surface area contributed by atoms with Crippen LogP contribution in [-0.4, -0.2) is 27.4 Å². The van der Waals surface area contributed by atoms with E-state index in [1.54, 1.807) is 0 Å². The molecule has 1 aromatic rings. The molecule has 5 nitrogen and oxygen atoms in total. The van der Waals surface area contributed by atoms with E-state index in [9.17, 15) is 15.0 Å². The molecule has 0 bridgehead atoms. The molecule has 0 heterocycles. The fraction of sp³-hybridized carbons (Fsp3) is 0.300. The van der Waals surface area contributed by atoms with Crippen LogP contribution in [0.5, 0.6) is 5.75 Å². The molecule has 0 saturated heterocycles. The molecule has 1 rings (SSSR count). The highest BCUT2D eigenvalue weighted by atomic mass is 16.4. The third-order valence-electron chi connectivity index (χ3n) is 2.16. The zero-order chi connectivity index (χ0) is 11.6. The van der Waals surface area contributed by atoms with Crippen molar-refractivity contribution < 1.29 is 20.1 Å². The van der Waals surface area contributed by atoms with Crippen molar-refractivity contribution in [3.05, 3.63) is 29.3 Å². The zero-order valence-electron chi connectivity index (χ0n) is 8.21. The van der Waals surface area contributed by atoms with E-state index in [1.165, 1.54) is 25.1 Å². The van der Waals surface area contributed by atoms with Gasteiger partial charge in [-0.1, -0.05) is 6.07 Å². The summed E-state index contributed by atoms with van der Waals surface area (Å²) in [5.74, 6) is -1.55. The van der Waals surface area contributed by atoms with E-state index in [2.05, 4.69) is 0 Å². The number of hydrogen-bond donors (Lipinski definition) is 4. The molecule has 0 saturated carbocycles. The summed E-state index contributed by atoms with van der Waals surface area (Å²) < 4.78 is 0. The minimum atomic E-state index is -1.23. The van der Waals surface area contributed by atoms with Crippen molar-refractivity contribution in [2.24, 2.45) is 5.73 Å². The molecule has 0 unspecified atom stereocenters. The molecule has 15 heavy (non-hydrogen) atoms. The van der Waals surface area contributed by atoms with Crippen LogP contribution < -0.4 is 5.73 Å². The topological polar surface area (TPSA) is 104 Å². The first-order valence-corrected chi connectivity index (χ1v) is 4.43. The predicted molar refractivity (Wildman–Crippen MR) is 53.7 cm³/mol. The Balaban J connectivity index is 3.13. The standard InChI is InChI=1S/C10H13NO4/c1-5(12)9(11)6-2-3-8(13)7(4-6)10(14)15/h2-5,9,12-13H,11H2,1H3,(H,14,15)/t5-,9-/m0/s1. The van der Waals surface area contributed by atoms with E-state index < -0.39 is 18.1 Å². The lowest BCUT2D eigenvalue weighted by Crippen LogP contribution is -2.23. The lowest BCUT2D eigenvalue weighted by molar-refractivity contribution is 0.0693. The van der Waals surface area contributed by atoms with Gasteiger partial charge in [-0.05, 0) is 24.6 Å². The van der Waals surface area contributed by atoms with Crippen LogP contribution in [0.25, 0.3) is 0 Å². The van der Waals surface area contributed by atoms with E-state index in [1.807, 2.05) is 0 Å². The molecular formula is C10H13NO4. The normalized spacial score (nSPS) is 14.6. The van der Waals surface area contributed by atoms with Gasteiger partial charge in [-0.15, -0.1) is 0 Å². The van der Waals surface area contributed by atoms with Crippen LogP contribution in [-0.2, 0) is 0 Å². The summed E-state index contributed by atoms with van der Waals surface area (Å²) in [5.41, 5.74) is 5.89. The summed E-state index contributed by atoms with van der Waals surface area (Å²) in [6, 6.07) is 3.33. The second kappa shape index (κ2) is 4.29. The van der Waals surface area contributed by atoms with Gasteiger partial charge in [0.25, 0.3) is 0 Å². The highest BCUT2D eigenvalue weighted by molar-refractivity contribution is 5.90. The van der Waals surface area contributed by atoms with Crippen LogP contribution in [0.4, 0.5) is 0 Å². The third kappa shape index (κ3) is 2.45. The number of phenols is 1. The van der Waals surface area contributed by atoms with Gasteiger partial charge in [-0.2, -0.15) is 0 Å². The van der Waals surface area contributed by atoms with Crippen molar-refractivity contribution in [2.45, 2.75) is 19.1 Å². The molecule has 0 radical (unpaired) electrons. The van der Waals surface area contributed by atoms with Gasteiger partial charge in [0.15, 0.2) is 0 Å². The third-order valence-corrected chi connectivity index (χ3v) is 2.16. The zero-order valence-corrected chi connectivity index (χ0v) is 8.21. The van der Waals surface area contributed by atoms with Crippen LogP contribution in [0.15, 0.2) is 18.2 Å². The Morgan fingerprint density at radius 1 is 1.47 bits per heavy atom. The van der Waals surface area contributed by atoms with Crippen molar-refractivity contribution in [2.75, 3.05) is 0 Å². The van der Waals surface area contributed by atoms with Crippen LogP contribution in [0.1, 0.15) is 28.9 Å². The van der Waals surface area contributed by atoms with Gasteiger partial charge >= 0.3 is 5.97 Å². The molecule has 0 spiro atoms. The Morgan fingerprint density at radius 2 is 2.07 bits per heavy atom. The first-order valence-electron chi connectivity index (χ1n) is 4.43. The number of nitrogens with two attached hydrogens (primary N) is 1. The van der Waals surface area contributed by atoms with Crippen molar-refractivity contribution in [3.63, 3.8) is 0 Å². The molecule has 0 aliphatic rings.